The molecule has 8 nitrogen and oxygen atoms in total. The molecular formula is C28H18Br4N4NiO4. The van der Waals surface area contributed by atoms with Gasteiger partial charge in [0.2, 0.25) is 0 Å². The third-order valence-corrected chi connectivity index (χ3v) is 6.98. The van der Waals surface area contributed by atoms with E-state index in [1.165, 1.54) is 12.4 Å². The van der Waals surface area contributed by atoms with E-state index >= 15 is 0 Å². The molecule has 2 N–H and O–H groups in total. The number of carbonyl (C=O) groups excluding carboxylic acids is 2. The maximum absolute atomic E-state index is 11.8. The maximum atomic E-state index is 11.8. The number of nitrogens with zero attached hydrogens (tertiary/aromatic N) is 2. The Labute approximate surface area is 279 Å². The molecule has 4 rings (SSSR count). The quantitative estimate of drug-likeness (QED) is 0.138. The van der Waals surface area contributed by atoms with Crippen LogP contribution < -0.4 is 21.1 Å². The molecule has 13 heteroatoms. The molecule has 0 radical (unpaired) electrons. The standard InChI is InChI=1S/2C14H10Br2N2O2.Ni/c2*15-11-6-10(13(19)12(16)7-11)8-17-18-14(20)9-4-2-1-3-5-9;/h2*1-8,19H,(H,18,20);/q;;+2/p-2/b17-8+;17-8-;. The summed E-state index contributed by atoms with van der Waals surface area (Å²) < 4.78 is 2.37. The van der Waals surface area contributed by atoms with E-state index in [0.29, 0.717) is 31.2 Å². The molecule has 4 aromatic rings. The van der Waals surface area contributed by atoms with Crippen molar-refractivity contribution < 1.29 is 36.3 Å². The predicted molar refractivity (Wildman–Crippen MR) is 166 cm³/mol. The molecule has 0 heterocycles. The zero-order valence-corrected chi connectivity index (χ0v) is 27.9. The monoisotopic (exact) mass is 848 g/mol. The van der Waals surface area contributed by atoms with E-state index < -0.39 is 0 Å². The number of hydrogen-bond donors (Lipinski definition) is 2. The van der Waals surface area contributed by atoms with Gasteiger partial charge in [-0.15, -0.1) is 0 Å². The van der Waals surface area contributed by atoms with Crippen LogP contribution in [0.25, 0.3) is 0 Å². The van der Waals surface area contributed by atoms with E-state index in [2.05, 4.69) is 84.8 Å². The molecule has 0 bridgehead atoms. The summed E-state index contributed by atoms with van der Waals surface area (Å²) in [5.41, 5.74) is 6.50. The fourth-order valence-electron chi connectivity index (χ4n) is 2.98. The number of amides is 2. The molecule has 0 fully saturated rings. The summed E-state index contributed by atoms with van der Waals surface area (Å²) in [6.07, 6.45) is 2.64. The minimum Gasteiger partial charge on any atom is -0.871 e. The second kappa shape index (κ2) is 17.2. The van der Waals surface area contributed by atoms with Gasteiger partial charge in [0.1, 0.15) is 0 Å². The van der Waals surface area contributed by atoms with Crippen molar-refractivity contribution in [1.82, 2.24) is 10.9 Å². The maximum Gasteiger partial charge on any atom is 2.00 e. The van der Waals surface area contributed by atoms with Crippen LogP contribution in [-0.2, 0) is 16.5 Å². The molecule has 2 amide bonds. The van der Waals surface area contributed by atoms with Gasteiger partial charge in [-0.25, -0.2) is 10.9 Å². The van der Waals surface area contributed by atoms with E-state index in [1.54, 1.807) is 72.8 Å². The first-order chi connectivity index (χ1) is 19.2. The smallest absolute Gasteiger partial charge is 0.871 e. The number of hydrogen-bond acceptors (Lipinski definition) is 6. The van der Waals surface area contributed by atoms with Crippen LogP contribution in [0.2, 0.25) is 0 Å². The molecule has 41 heavy (non-hydrogen) atoms. The Bertz CT molecular complexity index is 1440. The first-order valence-corrected chi connectivity index (χ1v) is 14.4. The van der Waals surface area contributed by atoms with E-state index in [9.17, 15) is 19.8 Å². The van der Waals surface area contributed by atoms with Gasteiger partial charge in [0.15, 0.2) is 0 Å². The molecule has 0 aliphatic rings. The number of halogens is 4. The largest absolute Gasteiger partial charge is 2.00 e. The van der Waals surface area contributed by atoms with Crippen molar-refractivity contribution in [3.05, 3.63) is 125 Å². The first-order valence-electron chi connectivity index (χ1n) is 11.2. The Morgan fingerprint density at radius 3 is 1.29 bits per heavy atom. The summed E-state index contributed by atoms with van der Waals surface area (Å²) in [6, 6.07) is 24.0. The Balaban J connectivity index is 0.000000280. The fourth-order valence-corrected chi connectivity index (χ4v) is 5.50. The van der Waals surface area contributed by atoms with Gasteiger partial charge in [0.25, 0.3) is 11.8 Å². The molecule has 212 valence electrons. The van der Waals surface area contributed by atoms with Crippen LogP contribution >= 0.6 is 63.7 Å². The van der Waals surface area contributed by atoms with Crippen molar-refractivity contribution in [2.24, 2.45) is 10.2 Å². The molecule has 0 atom stereocenters. The minimum absolute atomic E-state index is 0. The van der Waals surface area contributed by atoms with Gasteiger partial charge in [-0.05, 0) is 59.7 Å². The van der Waals surface area contributed by atoms with Crippen molar-refractivity contribution in [2.75, 3.05) is 0 Å². The summed E-state index contributed by atoms with van der Waals surface area (Å²) in [5.74, 6) is -1.04. The molecule has 0 unspecified atom stereocenters. The van der Waals surface area contributed by atoms with Gasteiger partial charge in [-0.2, -0.15) is 10.2 Å². The summed E-state index contributed by atoms with van der Waals surface area (Å²) in [7, 11) is 0. The van der Waals surface area contributed by atoms with Gasteiger partial charge in [-0.3, -0.25) is 9.59 Å². The first kappa shape index (κ1) is 34.4. The number of nitrogens with one attached hydrogen (secondary N) is 2. The van der Waals surface area contributed by atoms with Crippen molar-refractivity contribution >= 4 is 88.0 Å². The van der Waals surface area contributed by atoms with Crippen LogP contribution in [0.4, 0.5) is 0 Å². The third kappa shape index (κ3) is 10.8. The zero-order valence-electron chi connectivity index (χ0n) is 20.6. The predicted octanol–water partition coefficient (Wildman–Crippen LogP) is 6.10. The molecule has 0 saturated heterocycles. The Hall–Kier alpha value is -2.83. The second-order valence-electron chi connectivity index (χ2n) is 7.74. The summed E-state index contributed by atoms with van der Waals surface area (Å²) in [5, 5.41) is 31.2. The second-order valence-corrected chi connectivity index (χ2v) is 11.3. The van der Waals surface area contributed by atoms with Crippen LogP contribution in [0.3, 0.4) is 0 Å². The van der Waals surface area contributed by atoms with Crippen LogP contribution in [0.5, 0.6) is 11.5 Å². The van der Waals surface area contributed by atoms with Crippen LogP contribution in [0.1, 0.15) is 31.8 Å². The van der Waals surface area contributed by atoms with Crippen LogP contribution in [0.15, 0.2) is 113 Å². The molecule has 0 aromatic heterocycles. The van der Waals surface area contributed by atoms with Crippen molar-refractivity contribution in [3.8, 4) is 11.5 Å². The molecule has 0 saturated carbocycles. The Morgan fingerprint density at radius 2 is 0.951 bits per heavy atom. The van der Waals surface area contributed by atoms with Crippen LogP contribution in [-0.4, -0.2) is 24.2 Å². The average molecular weight is 853 g/mol. The van der Waals surface area contributed by atoms with E-state index in [0.717, 1.165) is 8.95 Å². The molecule has 0 spiro atoms. The third-order valence-electron chi connectivity index (χ3n) is 4.89. The average Bonchev–Trinajstić information content (AvgIpc) is 2.95. The topological polar surface area (TPSA) is 129 Å². The zero-order chi connectivity index (χ0) is 29.1. The van der Waals surface area contributed by atoms with Gasteiger partial charge in [-0.1, -0.05) is 112 Å². The minimum atomic E-state index is -0.330. The number of benzene rings is 4. The van der Waals surface area contributed by atoms with Gasteiger partial charge < -0.3 is 10.2 Å². The number of hydrazone groups is 2. The Kier molecular flexibility index (Phi) is 14.4. The van der Waals surface area contributed by atoms with Crippen LogP contribution in [0, 0.1) is 0 Å². The van der Waals surface area contributed by atoms with Gasteiger partial charge >= 0.3 is 16.5 Å². The fraction of sp³-hybridized carbons (Fsp3) is 0. The summed E-state index contributed by atoms with van der Waals surface area (Å²) >= 11 is 12.9. The summed E-state index contributed by atoms with van der Waals surface area (Å²) in [6.45, 7) is 0. The normalized spacial score (nSPS) is 10.4. The Morgan fingerprint density at radius 1 is 0.610 bits per heavy atom. The van der Waals surface area contributed by atoms with Crippen molar-refractivity contribution in [3.63, 3.8) is 0 Å². The molecule has 4 aromatic carbocycles. The molecule has 0 aliphatic heterocycles. The van der Waals surface area contributed by atoms with E-state index in [4.69, 9.17) is 0 Å². The van der Waals surface area contributed by atoms with E-state index in [1.807, 2.05) is 12.1 Å². The molecular weight excluding hydrogens is 835 g/mol. The van der Waals surface area contributed by atoms with E-state index in [-0.39, 0.29) is 39.8 Å². The summed E-state index contributed by atoms with van der Waals surface area (Å²) in [4.78, 5) is 23.5. The SMILES string of the molecule is O=C(N/N=C/c1cc(Br)cc(Br)c1[O-])c1ccccc1.O=C(N/N=C\c1cc(Br)cc(Br)c1[O-])c1ccccc1.[Ni+2]. The van der Waals surface area contributed by atoms with Crippen molar-refractivity contribution in [2.45, 2.75) is 0 Å². The van der Waals surface area contributed by atoms with Gasteiger partial charge in [0, 0.05) is 29.0 Å². The van der Waals surface area contributed by atoms with Crippen molar-refractivity contribution in [1.29, 1.82) is 0 Å². The van der Waals surface area contributed by atoms with Gasteiger partial charge in [0.05, 0.1) is 12.4 Å². The number of rotatable bonds is 6. The molecule has 0 aliphatic carbocycles. The number of carbonyl (C=O) groups is 2.